The number of aliphatic carboxylic acids is 1. The molecular formula is C71H70Cl4F6N12O10S3. The summed E-state index contributed by atoms with van der Waals surface area (Å²) in [7, 11) is 2.65. The predicted octanol–water partition coefficient (Wildman–Crippen LogP) is 15.9. The summed E-state index contributed by atoms with van der Waals surface area (Å²) in [4.78, 5) is 102. The first-order valence-electron chi connectivity index (χ1n) is 32.4. The highest BCUT2D eigenvalue weighted by Gasteiger charge is 2.49. The third-order valence-corrected chi connectivity index (χ3v) is 20.9. The van der Waals surface area contributed by atoms with E-state index < -0.39 is 98.5 Å². The number of hydrogen-bond donors (Lipinski definition) is 6. The Morgan fingerprint density at radius 3 is 1.20 bits per heavy atom. The number of esters is 2. The number of anilines is 6. The predicted molar refractivity (Wildman–Crippen MR) is 393 cm³/mol. The molecule has 2 amide bonds. The molecule has 6 unspecified atom stereocenters. The van der Waals surface area contributed by atoms with Gasteiger partial charge in [0, 0.05) is 85.2 Å². The van der Waals surface area contributed by atoms with E-state index in [0.717, 1.165) is 6.07 Å². The molecule has 0 radical (unpaired) electrons. The minimum absolute atomic E-state index is 0. The monoisotopic (exact) mass is 1600 g/mol. The molecule has 6 N–H and O–H groups in total. The van der Waals surface area contributed by atoms with E-state index in [-0.39, 0.29) is 126 Å². The van der Waals surface area contributed by atoms with Gasteiger partial charge in [-0.3, -0.25) is 24.0 Å². The summed E-state index contributed by atoms with van der Waals surface area (Å²) >= 11 is 21.1. The van der Waals surface area contributed by atoms with Crippen LogP contribution in [0.3, 0.4) is 0 Å². The largest absolute Gasteiger partial charge is 0.481 e. The molecule has 35 heteroatoms. The molecule has 562 valence electrons. The number of methoxy groups -OCH3 is 2. The Morgan fingerprint density at radius 1 is 0.519 bits per heavy atom. The van der Waals surface area contributed by atoms with Crippen molar-refractivity contribution >= 4 is 150 Å². The molecule has 22 nitrogen and oxygen atoms in total. The van der Waals surface area contributed by atoms with E-state index in [9.17, 15) is 60.2 Å². The summed E-state index contributed by atoms with van der Waals surface area (Å²) in [6.07, 6.45) is 6.66. The molecule has 0 aliphatic carbocycles. The zero-order valence-corrected chi connectivity index (χ0v) is 62.6. The highest BCUT2D eigenvalue weighted by Crippen LogP contribution is 2.43. The highest BCUT2D eigenvalue weighted by atomic mass is 35.5. The molecule has 3 aromatic carbocycles. The highest BCUT2D eigenvalue weighted by molar-refractivity contribution is 7.14. The minimum Gasteiger partial charge on any atom is -0.481 e. The number of aromatic carboxylic acids is 1. The number of rotatable bonds is 18. The van der Waals surface area contributed by atoms with Crippen molar-refractivity contribution < 1.29 is 74.8 Å². The molecule has 9 heterocycles. The number of piperidine rings is 3. The van der Waals surface area contributed by atoms with Crippen molar-refractivity contribution in [2.45, 2.75) is 96.7 Å². The Morgan fingerprint density at radius 2 is 0.868 bits per heavy atom. The number of amides is 2. The number of pyridine rings is 3. The number of carbonyl (C=O) groups excluding carboxylic acids is 4. The Balaban J connectivity index is 0.000000188. The number of nitrogens with zero attached hydrogens (tertiary/aromatic N) is 8. The van der Waals surface area contributed by atoms with Gasteiger partial charge in [0.25, 0.3) is 11.8 Å². The average molecular weight is 1600 g/mol. The minimum atomic E-state index is -1.34. The van der Waals surface area contributed by atoms with Crippen molar-refractivity contribution in [1.29, 1.82) is 0 Å². The average Bonchev–Trinajstić information content (AvgIpc) is 0.831. The third kappa shape index (κ3) is 20.1. The number of nitrogens with one attached hydrogen (secondary N) is 4. The van der Waals surface area contributed by atoms with E-state index in [4.69, 9.17) is 49.4 Å². The lowest BCUT2D eigenvalue weighted by atomic mass is 9.72. The van der Waals surface area contributed by atoms with Gasteiger partial charge in [-0.2, -0.15) is 0 Å². The summed E-state index contributed by atoms with van der Waals surface area (Å²) in [5.41, 5.74) is -3.53. The molecule has 6 aromatic heterocycles. The molecule has 9 aromatic rings. The van der Waals surface area contributed by atoms with Gasteiger partial charge in [0.05, 0.1) is 79.3 Å². The molecule has 3 aliphatic heterocycles. The van der Waals surface area contributed by atoms with Gasteiger partial charge in [-0.15, -0.1) is 46.4 Å². The van der Waals surface area contributed by atoms with Gasteiger partial charge in [0.15, 0.2) is 32.8 Å². The van der Waals surface area contributed by atoms with Gasteiger partial charge in [0.2, 0.25) is 0 Å². The standard InChI is InChI=1S/C24H23ClF2N4O3S.C23H21ClF2N4O3S.C17H21FN4O2S.C7H4ClFO2.ClH/c1-14-12-24(22(33)34-2,8-10-31(14)21(32)15-4-3-5-16(25)20(15)27)13-18-17(26)6-7-19(29-18)30-23-28-9-11-35-23;1-13-11-23(21(32)33,7-9-30(13)20(31)14-3-2-4-15(24)19(14)26)12-17-16(25)5-6-18(28-17)29-22-27-8-10-34-22;1-11-9-17(5-6-19-11,15(23)24-2)10-13-12(18)3-4-14(21-13)22-16-20-7-8-25-16;8-5-3-1-2-4(6(5)9)7(10)11;/h3-7,9,11,14H,8,10,12-13H2,1-2H3,(H,28,29,30);2-6,8,10,13H,7,9,11-12H2,1H3,(H,32,33)(H,27,28,29);3-4,7-8,11,19H,5-6,9-10H2,1-2H3,(H,20,21,22);1-3H,(H,10,11);1H. The van der Waals surface area contributed by atoms with Gasteiger partial charge in [0.1, 0.15) is 34.9 Å². The number of aromatic nitrogens is 6. The molecule has 6 atom stereocenters. The second kappa shape index (κ2) is 37.0. The van der Waals surface area contributed by atoms with Crippen molar-refractivity contribution in [2.24, 2.45) is 16.2 Å². The molecule has 0 spiro atoms. The van der Waals surface area contributed by atoms with Crippen LogP contribution in [0.4, 0.5) is 59.2 Å². The van der Waals surface area contributed by atoms with Gasteiger partial charge >= 0.3 is 23.9 Å². The van der Waals surface area contributed by atoms with E-state index >= 15 is 0 Å². The number of carboxylic acids is 2. The summed E-state index contributed by atoms with van der Waals surface area (Å²) < 4.78 is 95.5. The van der Waals surface area contributed by atoms with Crippen LogP contribution < -0.4 is 21.3 Å². The second-order valence-corrected chi connectivity index (χ2v) is 28.8. The quantitative estimate of drug-likeness (QED) is 0.0344. The Labute approximate surface area is 637 Å². The van der Waals surface area contributed by atoms with Gasteiger partial charge in [-0.25, -0.2) is 61.0 Å². The van der Waals surface area contributed by atoms with Gasteiger partial charge < -0.3 is 50.8 Å². The van der Waals surface area contributed by atoms with E-state index in [1.165, 1.54) is 137 Å². The fraction of sp³-hybridized carbons (Fsp3) is 0.324. The first-order chi connectivity index (χ1) is 50.1. The van der Waals surface area contributed by atoms with Gasteiger partial charge in [-0.1, -0.05) is 53.0 Å². The number of carboxylic acid groups (broad SMARTS) is 2. The van der Waals surface area contributed by atoms with Crippen LogP contribution in [0.15, 0.2) is 126 Å². The third-order valence-electron chi connectivity index (χ3n) is 17.9. The summed E-state index contributed by atoms with van der Waals surface area (Å²) in [5, 5.41) is 37.7. The van der Waals surface area contributed by atoms with E-state index in [1.54, 1.807) is 49.3 Å². The van der Waals surface area contributed by atoms with Crippen LogP contribution in [-0.4, -0.2) is 138 Å². The van der Waals surface area contributed by atoms with Crippen LogP contribution in [0.25, 0.3) is 0 Å². The molecule has 12 rings (SSSR count). The van der Waals surface area contributed by atoms with E-state index in [2.05, 4.69) is 51.2 Å². The van der Waals surface area contributed by atoms with Crippen LogP contribution in [-0.2, 0) is 43.1 Å². The molecule has 3 fully saturated rings. The first kappa shape index (κ1) is 82.6. The van der Waals surface area contributed by atoms with Crippen LogP contribution in [0.2, 0.25) is 15.1 Å². The topological polar surface area (TPSA) is 293 Å². The zero-order chi connectivity index (χ0) is 75.9. The number of ether oxygens (including phenoxy) is 2. The molecule has 106 heavy (non-hydrogen) atoms. The number of halogens is 10. The fourth-order valence-electron chi connectivity index (χ4n) is 12.8. The Bertz CT molecular complexity index is 4590. The maximum absolute atomic E-state index is 14.8. The van der Waals surface area contributed by atoms with Crippen LogP contribution in [0.5, 0.6) is 0 Å². The lowest BCUT2D eigenvalue weighted by Gasteiger charge is -2.44. The maximum Gasteiger partial charge on any atom is 0.338 e. The Hall–Kier alpha value is -9.08. The molecule has 0 bridgehead atoms. The SMILES string of the molecule is CC1CC(Cc2nc(Nc3nccs3)ccc2F)(C(=O)O)CCN1C(=O)c1cccc(Cl)c1F.COC(=O)C1(Cc2nc(Nc3nccs3)ccc2F)CCN(C(=O)c2cccc(Cl)c2F)C(C)C1.COC(=O)C1(Cc2nc(Nc3nccs3)ccc2F)CCNC(C)C1.Cl.O=C(O)c1cccc(Cl)c1F. The maximum atomic E-state index is 14.8. The first-order valence-corrected chi connectivity index (χ1v) is 36.1. The summed E-state index contributed by atoms with van der Waals surface area (Å²) in [6, 6.07) is 19.8. The number of carbonyl (C=O) groups is 6. The van der Waals surface area contributed by atoms with Crippen molar-refractivity contribution in [3.05, 3.63) is 209 Å². The number of hydrogen-bond acceptors (Lipinski definition) is 21. The lowest BCUT2D eigenvalue weighted by molar-refractivity contribution is -0.157. The van der Waals surface area contributed by atoms with Crippen molar-refractivity contribution in [3.63, 3.8) is 0 Å². The molecule has 3 aliphatic rings. The number of likely N-dealkylation sites (tertiary alicyclic amines) is 2. The summed E-state index contributed by atoms with van der Waals surface area (Å²) in [5.74, 6) is -7.12. The van der Waals surface area contributed by atoms with Crippen LogP contribution >= 0.6 is 81.2 Å². The smallest absolute Gasteiger partial charge is 0.338 e. The van der Waals surface area contributed by atoms with Crippen molar-refractivity contribution in [2.75, 3.05) is 49.8 Å². The summed E-state index contributed by atoms with van der Waals surface area (Å²) in [6.45, 7) is 6.38. The molecule has 3 saturated heterocycles. The molecular weight excluding hydrogens is 1530 g/mol. The van der Waals surface area contributed by atoms with Crippen molar-refractivity contribution in [1.82, 2.24) is 45.0 Å². The normalized spacial score (nSPS) is 19.5. The zero-order valence-electron chi connectivity index (χ0n) is 57.1. The van der Waals surface area contributed by atoms with Crippen molar-refractivity contribution in [3.8, 4) is 0 Å². The van der Waals surface area contributed by atoms with E-state index in [1.807, 2.05) is 12.3 Å². The van der Waals surface area contributed by atoms with Gasteiger partial charge in [-0.05, 0) is 139 Å². The lowest BCUT2D eigenvalue weighted by Crippen LogP contribution is -2.52. The fourth-order valence-corrected chi connectivity index (χ4v) is 14.9. The van der Waals surface area contributed by atoms with Crippen LogP contribution in [0.1, 0.15) is 107 Å². The molecule has 0 saturated carbocycles. The number of benzene rings is 3. The second-order valence-electron chi connectivity index (χ2n) is 24.9. The number of thiazole rings is 3. The Kier molecular flexibility index (Phi) is 28.8. The van der Waals surface area contributed by atoms with E-state index in [0.29, 0.717) is 52.2 Å². The van der Waals surface area contributed by atoms with Crippen LogP contribution in [0, 0.1) is 51.1 Å².